The second-order valence-corrected chi connectivity index (χ2v) is 3.42. The van der Waals surface area contributed by atoms with Crippen LogP contribution in [0.3, 0.4) is 0 Å². The molecular formula is C10H14N2OS. The maximum Gasteiger partial charge on any atom is 0.322 e. The van der Waals surface area contributed by atoms with Crippen molar-refractivity contribution in [2.45, 2.75) is 32.6 Å². The van der Waals surface area contributed by atoms with Gasteiger partial charge in [0.15, 0.2) is 5.05 Å². The molecule has 0 aliphatic rings. The maximum atomic E-state index is 5.27. The summed E-state index contributed by atoms with van der Waals surface area (Å²) in [4.78, 5) is 7.85. The van der Waals surface area contributed by atoms with Gasteiger partial charge in [0.05, 0.1) is 0 Å². The molecule has 0 aliphatic heterocycles. The largest absolute Gasteiger partial charge is 0.417 e. The van der Waals surface area contributed by atoms with Crippen LogP contribution < -0.4 is 4.74 Å². The number of ether oxygens (including phenoxy) is 1. The highest BCUT2D eigenvalue weighted by Crippen LogP contribution is 2.05. The number of unbranched alkanes of at least 4 members (excludes halogenated alkanes) is 2. The maximum absolute atomic E-state index is 5.27. The molecule has 0 aliphatic carbocycles. The number of nitrogens with zero attached hydrogens (tertiary/aromatic N) is 2. The van der Waals surface area contributed by atoms with Crippen molar-refractivity contribution in [2.75, 3.05) is 0 Å². The molecule has 3 nitrogen and oxygen atoms in total. The van der Waals surface area contributed by atoms with Crippen LogP contribution in [0.2, 0.25) is 0 Å². The average molecular weight is 210 g/mol. The first-order valence-electron chi connectivity index (χ1n) is 4.80. The predicted molar refractivity (Wildman–Crippen MR) is 59.4 cm³/mol. The molecule has 4 heteroatoms. The smallest absolute Gasteiger partial charge is 0.322 e. The summed E-state index contributed by atoms with van der Waals surface area (Å²) < 4.78 is 5.27. The zero-order valence-corrected chi connectivity index (χ0v) is 9.09. The number of rotatable bonds is 5. The molecule has 0 N–H and O–H groups in total. The predicted octanol–water partition coefficient (Wildman–Crippen LogP) is 2.76. The van der Waals surface area contributed by atoms with Gasteiger partial charge < -0.3 is 4.74 Å². The van der Waals surface area contributed by atoms with E-state index in [9.17, 15) is 0 Å². The SMILES string of the molecule is CCCCCC(=S)Oc1ncccn1. The Bertz CT molecular complexity index is 277. The molecule has 0 amide bonds. The van der Waals surface area contributed by atoms with E-state index in [2.05, 4.69) is 16.9 Å². The summed E-state index contributed by atoms with van der Waals surface area (Å²) in [5.41, 5.74) is 0. The van der Waals surface area contributed by atoms with Crippen LogP contribution in [0.5, 0.6) is 6.01 Å². The number of thiocarbonyl (C=S) groups is 1. The number of aromatic nitrogens is 2. The fourth-order valence-corrected chi connectivity index (χ4v) is 1.23. The minimum absolute atomic E-state index is 0.342. The third-order valence-electron chi connectivity index (χ3n) is 1.73. The molecule has 76 valence electrons. The molecule has 14 heavy (non-hydrogen) atoms. The Morgan fingerprint density at radius 2 is 2.07 bits per heavy atom. The van der Waals surface area contributed by atoms with E-state index >= 15 is 0 Å². The molecule has 0 saturated heterocycles. The lowest BCUT2D eigenvalue weighted by atomic mass is 10.2. The first kappa shape index (κ1) is 11.0. The summed E-state index contributed by atoms with van der Waals surface area (Å²) in [6.45, 7) is 2.16. The summed E-state index contributed by atoms with van der Waals surface area (Å²) in [6.07, 6.45) is 7.52. The molecule has 0 unspecified atom stereocenters. The Labute approximate surface area is 89.5 Å². The monoisotopic (exact) mass is 210 g/mol. The van der Waals surface area contributed by atoms with Gasteiger partial charge in [-0.15, -0.1) is 0 Å². The lowest BCUT2D eigenvalue weighted by Crippen LogP contribution is -2.07. The van der Waals surface area contributed by atoms with E-state index < -0.39 is 0 Å². The van der Waals surface area contributed by atoms with Gasteiger partial charge in [-0.2, -0.15) is 0 Å². The average Bonchev–Trinajstić information content (AvgIpc) is 2.20. The highest BCUT2D eigenvalue weighted by atomic mass is 32.1. The quantitative estimate of drug-likeness (QED) is 0.553. The Balaban J connectivity index is 2.27. The van der Waals surface area contributed by atoms with E-state index in [4.69, 9.17) is 17.0 Å². The van der Waals surface area contributed by atoms with Crippen molar-refractivity contribution in [1.29, 1.82) is 0 Å². The Hall–Kier alpha value is -1.03. The summed E-state index contributed by atoms with van der Waals surface area (Å²) in [6, 6.07) is 2.08. The van der Waals surface area contributed by atoms with Gasteiger partial charge in [0.25, 0.3) is 0 Å². The molecule has 0 radical (unpaired) electrons. The van der Waals surface area contributed by atoms with Crippen LogP contribution in [0, 0.1) is 0 Å². The third kappa shape index (κ3) is 4.28. The van der Waals surface area contributed by atoms with Crippen molar-refractivity contribution in [2.24, 2.45) is 0 Å². The fourth-order valence-electron chi connectivity index (χ4n) is 1.01. The van der Waals surface area contributed by atoms with Gasteiger partial charge in [-0.3, -0.25) is 0 Å². The van der Waals surface area contributed by atoms with E-state index in [0.29, 0.717) is 11.1 Å². The van der Waals surface area contributed by atoms with E-state index in [-0.39, 0.29) is 0 Å². The molecule has 0 spiro atoms. The first-order chi connectivity index (χ1) is 6.83. The molecule has 1 aromatic rings. The van der Waals surface area contributed by atoms with E-state index in [0.717, 1.165) is 12.8 Å². The highest BCUT2D eigenvalue weighted by Gasteiger charge is 2.01. The first-order valence-corrected chi connectivity index (χ1v) is 5.21. The van der Waals surface area contributed by atoms with Gasteiger partial charge in [-0.1, -0.05) is 19.8 Å². The zero-order chi connectivity index (χ0) is 10.2. The van der Waals surface area contributed by atoms with Gasteiger partial charge in [0, 0.05) is 18.8 Å². The van der Waals surface area contributed by atoms with Gasteiger partial charge in [-0.25, -0.2) is 9.97 Å². The molecule has 0 saturated carbocycles. The summed E-state index contributed by atoms with van der Waals surface area (Å²) >= 11 is 5.05. The lowest BCUT2D eigenvalue weighted by Gasteiger charge is -2.03. The molecule has 0 aromatic carbocycles. The summed E-state index contributed by atoms with van der Waals surface area (Å²) in [7, 11) is 0. The molecule has 0 bridgehead atoms. The lowest BCUT2D eigenvalue weighted by molar-refractivity contribution is 0.495. The second-order valence-electron chi connectivity index (χ2n) is 2.96. The molecule has 1 rings (SSSR count). The van der Waals surface area contributed by atoms with E-state index in [1.807, 2.05) is 0 Å². The fraction of sp³-hybridized carbons (Fsp3) is 0.500. The van der Waals surface area contributed by atoms with Crippen LogP contribution in [0.15, 0.2) is 18.5 Å². The summed E-state index contributed by atoms with van der Waals surface area (Å²) in [5, 5.41) is 0.574. The van der Waals surface area contributed by atoms with E-state index in [1.165, 1.54) is 12.8 Å². The minimum atomic E-state index is 0.342. The third-order valence-corrected chi connectivity index (χ3v) is 2.02. The minimum Gasteiger partial charge on any atom is -0.417 e. The van der Waals surface area contributed by atoms with Crippen LogP contribution in [-0.2, 0) is 0 Å². The number of hydrogen-bond donors (Lipinski definition) is 0. The van der Waals surface area contributed by atoms with Crippen LogP contribution in [0.4, 0.5) is 0 Å². The van der Waals surface area contributed by atoms with E-state index in [1.54, 1.807) is 18.5 Å². The molecular weight excluding hydrogens is 196 g/mol. The topological polar surface area (TPSA) is 35.0 Å². The molecule has 1 heterocycles. The van der Waals surface area contributed by atoms with Crippen molar-refractivity contribution < 1.29 is 4.74 Å². The molecule has 1 aromatic heterocycles. The van der Waals surface area contributed by atoms with Crippen molar-refractivity contribution in [1.82, 2.24) is 9.97 Å². The van der Waals surface area contributed by atoms with Crippen molar-refractivity contribution in [3.05, 3.63) is 18.5 Å². The molecule has 0 atom stereocenters. The van der Waals surface area contributed by atoms with Crippen LogP contribution in [0.25, 0.3) is 0 Å². The summed E-state index contributed by atoms with van der Waals surface area (Å²) in [5.74, 6) is 0. The normalized spacial score (nSPS) is 9.79. The van der Waals surface area contributed by atoms with Crippen molar-refractivity contribution >= 4 is 17.3 Å². The van der Waals surface area contributed by atoms with Gasteiger partial charge in [0.1, 0.15) is 0 Å². The van der Waals surface area contributed by atoms with Crippen molar-refractivity contribution in [3.63, 3.8) is 0 Å². The molecule has 0 fully saturated rings. The van der Waals surface area contributed by atoms with Gasteiger partial charge in [0.2, 0.25) is 0 Å². The second kappa shape index (κ2) is 6.43. The standard InChI is InChI=1S/C10H14N2OS/c1-2-3-4-6-9(14)13-10-11-7-5-8-12-10/h5,7-8H,2-4,6H2,1H3. The number of hydrogen-bond acceptors (Lipinski definition) is 4. The van der Waals surface area contributed by atoms with Crippen LogP contribution >= 0.6 is 12.2 Å². The van der Waals surface area contributed by atoms with Crippen molar-refractivity contribution in [3.8, 4) is 6.01 Å². The Morgan fingerprint density at radius 3 is 2.71 bits per heavy atom. The Kier molecular flexibility index (Phi) is 5.07. The van der Waals surface area contributed by atoms with Gasteiger partial charge >= 0.3 is 6.01 Å². The Morgan fingerprint density at radius 1 is 1.36 bits per heavy atom. The van der Waals surface area contributed by atoms with Crippen LogP contribution in [-0.4, -0.2) is 15.0 Å². The van der Waals surface area contributed by atoms with Crippen LogP contribution in [0.1, 0.15) is 32.6 Å². The highest BCUT2D eigenvalue weighted by molar-refractivity contribution is 7.80. The zero-order valence-electron chi connectivity index (χ0n) is 8.27. The van der Waals surface area contributed by atoms with Gasteiger partial charge in [-0.05, 0) is 24.7 Å².